The average molecular weight is 359 g/mol. The van der Waals surface area contributed by atoms with Crippen molar-refractivity contribution in [3.8, 4) is 23.3 Å². The van der Waals surface area contributed by atoms with E-state index in [-0.39, 0.29) is 23.8 Å². The van der Waals surface area contributed by atoms with Crippen LogP contribution >= 0.6 is 0 Å². The number of para-hydroxylation sites is 1. The second kappa shape index (κ2) is 5.54. The number of pyridine rings is 1. The molecule has 3 aromatic rings. The van der Waals surface area contributed by atoms with E-state index in [9.17, 15) is 10.1 Å². The highest BCUT2D eigenvalue weighted by Crippen LogP contribution is 2.45. The van der Waals surface area contributed by atoms with Crippen molar-refractivity contribution in [3.63, 3.8) is 0 Å². The van der Waals surface area contributed by atoms with Gasteiger partial charge in [-0.2, -0.15) is 5.26 Å². The monoisotopic (exact) mass is 359 g/mol. The minimum atomic E-state index is -0.665. The number of nitrogens with one attached hydrogen (secondary N) is 1. The van der Waals surface area contributed by atoms with Crippen LogP contribution in [0.3, 0.4) is 0 Å². The molecular formula is C20H13N3O4. The quantitative estimate of drug-likeness (QED) is 0.691. The van der Waals surface area contributed by atoms with E-state index < -0.39 is 5.92 Å². The molecule has 0 saturated carbocycles. The molecule has 7 nitrogen and oxygen atoms in total. The summed E-state index contributed by atoms with van der Waals surface area (Å²) in [6.45, 7) is 0.136. The lowest BCUT2D eigenvalue weighted by atomic mass is 9.83. The van der Waals surface area contributed by atoms with Crippen molar-refractivity contribution in [3.05, 3.63) is 75.4 Å². The maximum Gasteiger partial charge on any atom is 0.256 e. The summed E-state index contributed by atoms with van der Waals surface area (Å²) in [7, 11) is 0. The fourth-order valence-corrected chi connectivity index (χ4v) is 3.60. The molecule has 2 aliphatic heterocycles. The topological polar surface area (TPSA) is 110 Å². The number of hydrogen-bond donors (Lipinski definition) is 2. The number of ether oxygens (including phenoxy) is 3. The van der Waals surface area contributed by atoms with Crippen LogP contribution in [0.15, 0.2) is 58.7 Å². The molecule has 1 unspecified atom stereocenters. The molecule has 0 aliphatic carbocycles. The smallest absolute Gasteiger partial charge is 0.256 e. The second-order valence-corrected chi connectivity index (χ2v) is 6.28. The Morgan fingerprint density at radius 3 is 2.81 bits per heavy atom. The maximum atomic E-state index is 12.9. The maximum absolute atomic E-state index is 12.9. The van der Waals surface area contributed by atoms with Gasteiger partial charge < -0.3 is 24.9 Å². The van der Waals surface area contributed by atoms with E-state index in [1.807, 2.05) is 18.2 Å². The molecule has 2 aliphatic rings. The van der Waals surface area contributed by atoms with Crippen LogP contribution in [0.2, 0.25) is 0 Å². The Kier molecular flexibility index (Phi) is 3.15. The molecule has 1 aromatic heterocycles. The highest BCUT2D eigenvalue weighted by molar-refractivity contribution is 5.87. The summed E-state index contributed by atoms with van der Waals surface area (Å²) in [5.41, 5.74) is 7.59. The van der Waals surface area contributed by atoms with E-state index in [1.165, 1.54) is 0 Å². The predicted octanol–water partition coefficient (Wildman–Crippen LogP) is 2.47. The largest absolute Gasteiger partial charge is 0.454 e. The number of benzene rings is 2. The fraction of sp³-hybridized carbons (Fsp3) is 0.100. The van der Waals surface area contributed by atoms with Gasteiger partial charge in [0.2, 0.25) is 12.7 Å². The van der Waals surface area contributed by atoms with Crippen molar-refractivity contribution >= 4 is 10.9 Å². The number of hydrogen-bond acceptors (Lipinski definition) is 6. The third kappa shape index (κ3) is 2.17. The Morgan fingerprint density at radius 1 is 1.15 bits per heavy atom. The van der Waals surface area contributed by atoms with Crippen LogP contribution < -0.4 is 25.5 Å². The van der Waals surface area contributed by atoms with E-state index in [0.29, 0.717) is 33.9 Å². The molecule has 0 bridgehead atoms. The van der Waals surface area contributed by atoms with Crippen molar-refractivity contribution in [2.24, 2.45) is 5.73 Å². The van der Waals surface area contributed by atoms with Gasteiger partial charge in [0.05, 0.1) is 17.0 Å². The summed E-state index contributed by atoms with van der Waals surface area (Å²) in [5, 5.41) is 10.4. The third-order valence-corrected chi connectivity index (χ3v) is 4.81. The van der Waals surface area contributed by atoms with Gasteiger partial charge in [0, 0.05) is 5.39 Å². The van der Waals surface area contributed by atoms with Crippen LogP contribution in [-0.4, -0.2) is 11.8 Å². The van der Waals surface area contributed by atoms with E-state index in [0.717, 1.165) is 5.39 Å². The van der Waals surface area contributed by atoms with Gasteiger partial charge in [-0.1, -0.05) is 18.2 Å². The normalized spacial score (nSPS) is 17.4. The molecule has 2 aromatic carbocycles. The molecule has 1 atom stereocenters. The summed E-state index contributed by atoms with van der Waals surface area (Å²) in [6.07, 6.45) is 0. The minimum absolute atomic E-state index is 0.0107. The number of fused-ring (bicyclic) bond motifs is 4. The number of nitriles is 1. The third-order valence-electron chi connectivity index (χ3n) is 4.81. The molecule has 0 fully saturated rings. The molecule has 3 heterocycles. The van der Waals surface area contributed by atoms with Crippen LogP contribution in [0.5, 0.6) is 17.2 Å². The number of nitrogens with zero attached hydrogens (tertiary/aromatic N) is 1. The summed E-state index contributed by atoms with van der Waals surface area (Å²) in [5.74, 6) is 0.876. The van der Waals surface area contributed by atoms with Gasteiger partial charge in [-0.05, 0) is 29.8 Å². The molecule has 5 rings (SSSR count). The Bertz CT molecular complexity index is 1240. The Morgan fingerprint density at radius 2 is 1.96 bits per heavy atom. The van der Waals surface area contributed by atoms with Crippen molar-refractivity contribution < 1.29 is 14.2 Å². The number of aromatic amines is 1. The fourth-order valence-electron chi connectivity index (χ4n) is 3.60. The molecule has 7 heteroatoms. The first-order valence-corrected chi connectivity index (χ1v) is 8.29. The van der Waals surface area contributed by atoms with Gasteiger partial charge in [0.15, 0.2) is 11.5 Å². The summed E-state index contributed by atoms with van der Waals surface area (Å²) >= 11 is 0. The van der Waals surface area contributed by atoms with Gasteiger partial charge >= 0.3 is 0 Å². The first-order chi connectivity index (χ1) is 13.2. The van der Waals surface area contributed by atoms with Crippen LogP contribution in [0.4, 0.5) is 0 Å². The number of nitrogens with two attached hydrogens (primary N) is 1. The number of aromatic nitrogens is 1. The summed E-state index contributed by atoms with van der Waals surface area (Å²) in [6, 6.07) is 14.7. The lowest BCUT2D eigenvalue weighted by molar-refractivity contribution is 0.174. The average Bonchev–Trinajstić information content (AvgIpc) is 3.15. The van der Waals surface area contributed by atoms with Crippen molar-refractivity contribution in [1.82, 2.24) is 4.98 Å². The van der Waals surface area contributed by atoms with Gasteiger partial charge in [-0.25, -0.2) is 0 Å². The van der Waals surface area contributed by atoms with Crippen LogP contribution in [-0.2, 0) is 0 Å². The zero-order valence-electron chi connectivity index (χ0n) is 14.0. The molecule has 0 radical (unpaired) electrons. The first kappa shape index (κ1) is 15.3. The van der Waals surface area contributed by atoms with E-state index in [2.05, 4.69) is 11.1 Å². The van der Waals surface area contributed by atoms with Crippen LogP contribution in [0.25, 0.3) is 10.9 Å². The molecule has 27 heavy (non-hydrogen) atoms. The van der Waals surface area contributed by atoms with Gasteiger partial charge in [0.25, 0.3) is 5.56 Å². The van der Waals surface area contributed by atoms with Gasteiger partial charge in [0.1, 0.15) is 17.4 Å². The Balaban J connectivity index is 1.82. The molecule has 3 N–H and O–H groups in total. The van der Waals surface area contributed by atoms with E-state index in [4.69, 9.17) is 19.9 Å². The minimum Gasteiger partial charge on any atom is -0.454 e. The van der Waals surface area contributed by atoms with Crippen molar-refractivity contribution in [1.29, 1.82) is 5.26 Å². The molecular weight excluding hydrogens is 346 g/mol. The molecule has 0 saturated heterocycles. The lowest BCUT2D eigenvalue weighted by Crippen LogP contribution is -2.27. The van der Waals surface area contributed by atoms with E-state index in [1.54, 1.807) is 24.3 Å². The van der Waals surface area contributed by atoms with Gasteiger partial charge in [-0.3, -0.25) is 4.79 Å². The molecule has 0 amide bonds. The summed E-state index contributed by atoms with van der Waals surface area (Å²) < 4.78 is 16.5. The van der Waals surface area contributed by atoms with Crippen LogP contribution in [0, 0.1) is 11.3 Å². The number of allylic oxidation sites excluding steroid dienone is 1. The standard InChI is InChI=1S/C20H13N3O4/c21-8-12-16(10-5-6-14-15(7-10)26-9-25-14)17-18(27-19(12)22)11-3-1-2-4-13(11)23-20(17)24/h1-7,16H,9,22H2,(H,23,24). The predicted molar refractivity (Wildman–Crippen MR) is 96.4 cm³/mol. The number of H-pyrrole nitrogens is 1. The SMILES string of the molecule is N#CC1=C(N)Oc2c(c(=O)[nH]c3ccccc23)C1c1ccc2c(c1)OCO2. The highest BCUT2D eigenvalue weighted by atomic mass is 16.7. The van der Waals surface area contributed by atoms with Crippen LogP contribution in [0.1, 0.15) is 17.0 Å². The second-order valence-electron chi connectivity index (χ2n) is 6.28. The highest BCUT2D eigenvalue weighted by Gasteiger charge is 2.35. The van der Waals surface area contributed by atoms with E-state index >= 15 is 0 Å². The zero-order chi connectivity index (χ0) is 18.5. The van der Waals surface area contributed by atoms with Crippen molar-refractivity contribution in [2.75, 3.05) is 6.79 Å². The zero-order valence-corrected chi connectivity index (χ0v) is 14.0. The first-order valence-electron chi connectivity index (χ1n) is 8.29. The molecule has 132 valence electrons. The molecule has 0 spiro atoms. The van der Waals surface area contributed by atoms with Gasteiger partial charge in [-0.15, -0.1) is 0 Å². The lowest BCUT2D eigenvalue weighted by Gasteiger charge is -2.26. The summed E-state index contributed by atoms with van der Waals surface area (Å²) in [4.78, 5) is 15.8. The Hall–Kier alpha value is -3.92. The Labute approximate surface area is 153 Å². The number of rotatable bonds is 1. The van der Waals surface area contributed by atoms with Crippen molar-refractivity contribution in [2.45, 2.75) is 5.92 Å².